The normalized spacial score (nSPS) is 13.7. The molecular weight excluding hydrogens is 394 g/mol. The number of ether oxygens (including phenoxy) is 1. The van der Waals surface area contributed by atoms with Gasteiger partial charge in [0.05, 0.1) is 13.7 Å². The molecule has 0 atom stereocenters. The molecule has 1 aliphatic rings. The van der Waals surface area contributed by atoms with Gasteiger partial charge in [0.1, 0.15) is 5.75 Å². The average Bonchev–Trinajstić information content (AvgIpc) is 3.26. The quantitative estimate of drug-likeness (QED) is 0.690. The van der Waals surface area contributed by atoms with Gasteiger partial charge in [0.15, 0.2) is 5.82 Å². The van der Waals surface area contributed by atoms with Crippen LogP contribution in [0.3, 0.4) is 0 Å². The molecule has 0 aliphatic carbocycles. The number of piperazine rings is 1. The Bertz CT molecular complexity index is 1040. The van der Waals surface area contributed by atoms with Crippen molar-refractivity contribution in [3.63, 3.8) is 0 Å². The van der Waals surface area contributed by atoms with E-state index in [4.69, 9.17) is 4.74 Å². The van der Waals surface area contributed by atoms with Crippen molar-refractivity contribution >= 4 is 17.8 Å². The number of hydrogen-bond donors (Lipinski definition) is 1. The second-order valence-corrected chi connectivity index (χ2v) is 7.33. The van der Waals surface area contributed by atoms with Crippen molar-refractivity contribution in [1.29, 1.82) is 0 Å². The van der Waals surface area contributed by atoms with Gasteiger partial charge in [-0.2, -0.15) is 5.10 Å². The highest BCUT2D eigenvalue weighted by Gasteiger charge is 2.25. The van der Waals surface area contributed by atoms with E-state index in [0.29, 0.717) is 49.9 Å². The number of methoxy groups -OCH3 is 1. The highest BCUT2D eigenvalue weighted by Crippen LogP contribution is 2.16. The van der Waals surface area contributed by atoms with E-state index in [1.54, 1.807) is 51.9 Å². The minimum Gasteiger partial charge on any atom is -0.497 e. The van der Waals surface area contributed by atoms with Gasteiger partial charge < -0.3 is 14.5 Å². The fourth-order valence-corrected chi connectivity index (χ4v) is 3.53. The third kappa shape index (κ3) is 5.03. The van der Waals surface area contributed by atoms with Gasteiger partial charge in [-0.05, 0) is 23.8 Å². The molecular formula is C23H25N5O3. The lowest BCUT2D eigenvalue weighted by atomic mass is 10.1. The van der Waals surface area contributed by atoms with E-state index in [1.807, 2.05) is 36.5 Å². The number of hydrogen-bond acceptors (Lipinski definition) is 4. The van der Waals surface area contributed by atoms with Crippen molar-refractivity contribution in [2.75, 3.05) is 38.6 Å². The first kappa shape index (κ1) is 20.5. The van der Waals surface area contributed by atoms with Crippen molar-refractivity contribution in [2.24, 2.45) is 0 Å². The first-order valence-electron chi connectivity index (χ1n) is 10.2. The molecule has 0 radical (unpaired) electrons. The predicted molar refractivity (Wildman–Crippen MR) is 117 cm³/mol. The third-order valence-corrected chi connectivity index (χ3v) is 5.23. The van der Waals surface area contributed by atoms with Crippen LogP contribution in [0.1, 0.15) is 15.9 Å². The van der Waals surface area contributed by atoms with E-state index in [-0.39, 0.29) is 11.9 Å². The fourth-order valence-electron chi connectivity index (χ4n) is 3.53. The van der Waals surface area contributed by atoms with Crippen molar-refractivity contribution in [1.82, 2.24) is 19.6 Å². The summed E-state index contributed by atoms with van der Waals surface area (Å²) in [6.07, 6.45) is 1.84. The van der Waals surface area contributed by atoms with Crippen molar-refractivity contribution in [3.05, 3.63) is 78.0 Å². The highest BCUT2D eigenvalue weighted by molar-refractivity contribution is 5.95. The van der Waals surface area contributed by atoms with Gasteiger partial charge >= 0.3 is 6.03 Å². The van der Waals surface area contributed by atoms with Crippen LogP contribution in [0.25, 0.3) is 0 Å². The van der Waals surface area contributed by atoms with Crippen molar-refractivity contribution < 1.29 is 14.3 Å². The molecule has 0 bridgehead atoms. The van der Waals surface area contributed by atoms with Gasteiger partial charge in [-0.25, -0.2) is 4.79 Å². The zero-order valence-corrected chi connectivity index (χ0v) is 17.4. The molecule has 2 heterocycles. The number of benzene rings is 2. The molecule has 3 aromatic rings. The molecule has 1 aliphatic heterocycles. The van der Waals surface area contributed by atoms with Crippen LogP contribution in [0.4, 0.5) is 10.6 Å². The molecule has 0 unspecified atom stereocenters. The Morgan fingerprint density at radius 1 is 0.968 bits per heavy atom. The standard InChI is InChI=1S/C23H25N5O3/c1-31-20-9-5-8-19(16-20)22(29)26-12-14-27(15-13-26)23(30)24-21-10-11-28(25-21)17-18-6-3-2-4-7-18/h2-11,16H,12-15,17H2,1H3,(H,24,25,30). The second kappa shape index (κ2) is 9.34. The summed E-state index contributed by atoms with van der Waals surface area (Å²) in [5, 5.41) is 7.26. The number of aromatic nitrogens is 2. The molecule has 1 fully saturated rings. The Morgan fingerprint density at radius 2 is 1.71 bits per heavy atom. The molecule has 160 valence electrons. The maximum absolute atomic E-state index is 12.7. The van der Waals surface area contributed by atoms with Gasteiger partial charge in [0.25, 0.3) is 5.91 Å². The maximum Gasteiger partial charge on any atom is 0.323 e. The predicted octanol–water partition coefficient (Wildman–Crippen LogP) is 2.93. The van der Waals surface area contributed by atoms with Gasteiger partial charge in [0, 0.05) is 44.0 Å². The lowest BCUT2D eigenvalue weighted by Crippen LogP contribution is -2.51. The number of carbonyl (C=O) groups is 2. The summed E-state index contributed by atoms with van der Waals surface area (Å²) in [5.41, 5.74) is 1.72. The van der Waals surface area contributed by atoms with Crippen LogP contribution in [-0.2, 0) is 6.54 Å². The lowest BCUT2D eigenvalue weighted by molar-refractivity contribution is 0.0671. The summed E-state index contributed by atoms with van der Waals surface area (Å²) in [6.45, 7) is 2.53. The largest absolute Gasteiger partial charge is 0.497 e. The third-order valence-electron chi connectivity index (χ3n) is 5.23. The van der Waals surface area contributed by atoms with Crippen molar-refractivity contribution in [3.8, 4) is 5.75 Å². The van der Waals surface area contributed by atoms with Crippen LogP contribution in [-0.4, -0.2) is 64.8 Å². The second-order valence-electron chi connectivity index (χ2n) is 7.33. The molecule has 0 saturated carbocycles. The Balaban J connectivity index is 1.29. The van der Waals surface area contributed by atoms with Crippen LogP contribution >= 0.6 is 0 Å². The zero-order valence-electron chi connectivity index (χ0n) is 17.4. The molecule has 1 N–H and O–H groups in total. The Kier molecular flexibility index (Phi) is 6.16. The highest BCUT2D eigenvalue weighted by atomic mass is 16.5. The van der Waals surface area contributed by atoms with Crippen LogP contribution in [0.2, 0.25) is 0 Å². The summed E-state index contributed by atoms with van der Waals surface area (Å²) in [4.78, 5) is 28.8. The number of amides is 3. The summed E-state index contributed by atoms with van der Waals surface area (Å²) in [7, 11) is 1.58. The first-order valence-corrected chi connectivity index (χ1v) is 10.2. The smallest absolute Gasteiger partial charge is 0.323 e. The minimum atomic E-state index is -0.210. The van der Waals surface area contributed by atoms with Crippen molar-refractivity contribution in [2.45, 2.75) is 6.54 Å². The topological polar surface area (TPSA) is 79.7 Å². The first-order chi connectivity index (χ1) is 15.1. The van der Waals surface area contributed by atoms with Gasteiger partial charge in [-0.1, -0.05) is 36.4 Å². The summed E-state index contributed by atoms with van der Waals surface area (Å²) >= 11 is 0. The van der Waals surface area contributed by atoms with E-state index in [1.165, 1.54) is 0 Å². The number of anilines is 1. The molecule has 2 aromatic carbocycles. The monoisotopic (exact) mass is 419 g/mol. The summed E-state index contributed by atoms with van der Waals surface area (Å²) in [5.74, 6) is 1.10. The van der Waals surface area contributed by atoms with E-state index >= 15 is 0 Å². The number of carbonyl (C=O) groups excluding carboxylic acids is 2. The number of nitrogens with one attached hydrogen (secondary N) is 1. The van der Waals surface area contributed by atoms with Crippen LogP contribution in [0.5, 0.6) is 5.75 Å². The molecule has 0 spiro atoms. The maximum atomic E-state index is 12.7. The summed E-state index contributed by atoms with van der Waals surface area (Å²) in [6, 6.07) is 18.7. The van der Waals surface area contributed by atoms with Gasteiger partial charge in [-0.3, -0.25) is 14.8 Å². The van der Waals surface area contributed by atoms with Gasteiger partial charge in [0.2, 0.25) is 0 Å². The molecule has 8 heteroatoms. The number of rotatable bonds is 5. The summed E-state index contributed by atoms with van der Waals surface area (Å²) < 4.78 is 6.98. The SMILES string of the molecule is COc1cccc(C(=O)N2CCN(C(=O)Nc3ccn(Cc4ccccc4)n3)CC2)c1. The molecule has 8 nitrogen and oxygen atoms in total. The molecule has 1 aromatic heterocycles. The van der Waals surface area contributed by atoms with E-state index in [2.05, 4.69) is 10.4 Å². The minimum absolute atomic E-state index is 0.0568. The van der Waals surface area contributed by atoms with Crippen LogP contribution in [0.15, 0.2) is 66.9 Å². The number of urea groups is 1. The molecule has 3 amide bonds. The van der Waals surface area contributed by atoms with Gasteiger partial charge in [-0.15, -0.1) is 0 Å². The van der Waals surface area contributed by atoms with Crippen LogP contribution in [0, 0.1) is 0 Å². The zero-order chi connectivity index (χ0) is 21.6. The molecule has 4 rings (SSSR count). The Labute approximate surface area is 181 Å². The Hall–Kier alpha value is -3.81. The van der Waals surface area contributed by atoms with Crippen LogP contribution < -0.4 is 10.1 Å². The van der Waals surface area contributed by atoms with E-state index < -0.39 is 0 Å². The van der Waals surface area contributed by atoms with E-state index in [0.717, 1.165) is 5.56 Å². The number of nitrogens with zero attached hydrogens (tertiary/aromatic N) is 4. The lowest BCUT2D eigenvalue weighted by Gasteiger charge is -2.34. The van der Waals surface area contributed by atoms with E-state index in [9.17, 15) is 9.59 Å². The fraction of sp³-hybridized carbons (Fsp3) is 0.261. The average molecular weight is 419 g/mol. The Morgan fingerprint density at radius 3 is 2.45 bits per heavy atom. The molecule has 1 saturated heterocycles. The molecule has 31 heavy (non-hydrogen) atoms.